The number of para-hydroxylation sites is 1. The van der Waals surface area contributed by atoms with Crippen molar-refractivity contribution in [2.24, 2.45) is 5.92 Å². The van der Waals surface area contributed by atoms with Crippen molar-refractivity contribution in [2.75, 3.05) is 0 Å². The first-order valence-corrected chi connectivity index (χ1v) is 11.2. The van der Waals surface area contributed by atoms with Crippen LogP contribution in [-0.2, 0) is 11.8 Å². The number of pyridine rings is 1. The fourth-order valence-electron chi connectivity index (χ4n) is 4.66. The maximum absolute atomic E-state index is 6.55. The Morgan fingerprint density at radius 1 is 0.839 bits per heavy atom. The molecule has 0 saturated carbocycles. The van der Waals surface area contributed by atoms with Crippen molar-refractivity contribution in [3.05, 3.63) is 78.0 Å². The van der Waals surface area contributed by atoms with E-state index in [0.29, 0.717) is 5.92 Å². The molecule has 0 unspecified atom stereocenters. The van der Waals surface area contributed by atoms with Crippen LogP contribution >= 0.6 is 0 Å². The van der Waals surface area contributed by atoms with Crippen LogP contribution in [0.25, 0.3) is 44.0 Å². The van der Waals surface area contributed by atoms with Crippen molar-refractivity contribution in [3.63, 3.8) is 0 Å². The van der Waals surface area contributed by atoms with Crippen molar-refractivity contribution >= 4 is 32.7 Å². The van der Waals surface area contributed by atoms with Crippen molar-refractivity contribution in [1.29, 1.82) is 0 Å². The lowest BCUT2D eigenvalue weighted by Gasteiger charge is -2.22. The van der Waals surface area contributed by atoms with Crippen molar-refractivity contribution in [3.8, 4) is 11.3 Å². The highest BCUT2D eigenvalue weighted by Gasteiger charge is 2.21. The van der Waals surface area contributed by atoms with Crippen LogP contribution in [0.4, 0.5) is 0 Å². The van der Waals surface area contributed by atoms with Gasteiger partial charge in [-0.25, -0.2) is 0 Å². The second kappa shape index (κ2) is 7.23. The molecule has 0 saturated heterocycles. The first-order chi connectivity index (χ1) is 14.8. The van der Waals surface area contributed by atoms with E-state index in [1.165, 1.54) is 27.3 Å². The minimum absolute atomic E-state index is 0.0296. The van der Waals surface area contributed by atoms with E-state index in [4.69, 9.17) is 9.40 Å². The molecule has 0 spiro atoms. The third-order valence-corrected chi connectivity index (χ3v) is 6.07. The maximum Gasteiger partial charge on any atom is 0.161 e. The minimum Gasteiger partial charge on any atom is -0.453 e. The van der Waals surface area contributed by atoms with Gasteiger partial charge < -0.3 is 4.42 Å². The molecule has 2 aromatic heterocycles. The molecule has 0 aliphatic carbocycles. The minimum atomic E-state index is 0.0296. The van der Waals surface area contributed by atoms with Gasteiger partial charge in [-0.3, -0.25) is 4.98 Å². The summed E-state index contributed by atoms with van der Waals surface area (Å²) in [6, 6.07) is 21.7. The number of nitrogens with zero attached hydrogens (tertiary/aromatic N) is 1. The molecule has 31 heavy (non-hydrogen) atoms. The number of hydrogen-bond acceptors (Lipinski definition) is 2. The summed E-state index contributed by atoms with van der Waals surface area (Å²) in [5.41, 5.74) is 6.53. The molecule has 2 nitrogen and oxygen atoms in total. The smallest absolute Gasteiger partial charge is 0.161 e. The van der Waals surface area contributed by atoms with Gasteiger partial charge in [0.2, 0.25) is 0 Å². The molecule has 5 aromatic rings. The van der Waals surface area contributed by atoms with Gasteiger partial charge in [-0.15, -0.1) is 0 Å². The molecule has 0 amide bonds. The van der Waals surface area contributed by atoms with Crippen molar-refractivity contribution in [2.45, 2.75) is 46.5 Å². The Labute approximate surface area is 183 Å². The van der Waals surface area contributed by atoms with E-state index in [0.717, 1.165) is 34.2 Å². The summed E-state index contributed by atoms with van der Waals surface area (Å²) in [6.07, 6.45) is 2.91. The molecule has 0 radical (unpaired) electrons. The van der Waals surface area contributed by atoms with Gasteiger partial charge in [0.05, 0.1) is 0 Å². The topological polar surface area (TPSA) is 26.0 Å². The zero-order valence-corrected chi connectivity index (χ0v) is 19.0. The average Bonchev–Trinajstić information content (AvgIpc) is 3.12. The van der Waals surface area contributed by atoms with Gasteiger partial charge in [0.15, 0.2) is 5.58 Å². The molecular formula is C29H29NO. The second-order valence-electron chi connectivity index (χ2n) is 10.0. The van der Waals surface area contributed by atoms with E-state index in [2.05, 4.69) is 95.3 Å². The van der Waals surface area contributed by atoms with Gasteiger partial charge in [0.25, 0.3) is 0 Å². The summed E-state index contributed by atoms with van der Waals surface area (Å²) in [5.74, 6) is 0.575. The largest absolute Gasteiger partial charge is 0.453 e. The predicted octanol–water partition coefficient (Wildman–Crippen LogP) is 8.30. The van der Waals surface area contributed by atoms with Crippen LogP contribution in [0.3, 0.4) is 0 Å². The predicted molar refractivity (Wildman–Crippen MR) is 132 cm³/mol. The number of aromatic nitrogens is 1. The quantitative estimate of drug-likeness (QED) is 0.301. The first-order valence-electron chi connectivity index (χ1n) is 11.2. The van der Waals surface area contributed by atoms with Crippen LogP contribution in [0.2, 0.25) is 0 Å². The molecule has 0 aliphatic rings. The highest BCUT2D eigenvalue weighted by Crippen LogP contribution is 2.39. The number of benzene rings is 3. The molecule has 0 bridgehead atoms. The second-order valence-corrected chi connectivity index (χ2v) is 10.0. The van der Waals surface area contributed by atoms with Gasteiger partial charge in [0.1, 0.15) is 11.3 Å². The number of rotatable bonds is 3. The van der Waals surface area contributed by atoms with Crippen molar-refractivity contribution < 1.29 is 4.42 Å². The standard InChI is InChI=1S/C29H29NO/c1-18(2)15-20-10-8-12-23-24-13-14-30-26(28(24)31-27(20)23)21-16-19-9-6-7-11-22(19)25(17-21)29(3,4)5/h6-14,16-18H,15H2,1-5H3. The third-order valence-electron chi connectivity index (χ3n) is 6.07. The molecular weight excluding hydrogens is 378 g/mol. The Kier molecular flexibility index (Phi) is 4.62. The Hall–Kier alpha value is -3.13. The summed E-state index contributed by atoms with van der Waals surface area (Å²) in [5, 5.41) is 4.85. The lowest BCUT2D eigenvalue weighted by atomic mass is 9.82. The highest BCUT2D eigenvalue weighted by molar-refractivity contribution is 6.10. The fourth-order valence-corrected chi connectivity index (χ4v) is 4.66. The average molecular weight is 408 g/mol. The molecule has 0 fully saturated rings. The Bertz CT molecular complexity index is 1420. The lowest BCUT2D eigenvalue weighted by Crippen LogP contribution is -2.12. The number of hydrogen-bond donors (Lipinski definition) is 0. The first kappa shape index (κ1) is 19.8. The highest BCUT2D eigenvalue weighted by atomic mass is 16.3. The van der Waals surface area contributed by atoms with Crippen LogP contribution in [0, 0.1) is 5.92 Å². The fraction of sp³-hybridized carbons (Fsp3) is 0.276. The summed E-state index contributed by atoms with van der Waals surface area (Å²) in [4.78, 5) is 4.80. The number of fused-ring (bicyclic) bond motifs is 4. The summed E-state index contributed by atoms with van der Waals surface area (Å²) < 4.78 is 6.55. The van der Waals surface area contributed by atoms with Crippen LogP contribution in [0.15, 0.2) is 71.3 Å². The molecule has 3 aromatic carbocycles. The van der Waals surface area contributed by atoms with E-state index in [1.54, 1.807) is 0 Å². The van der Waals surface area contributed by atoms with Gasteiger partial charge in [0, 0.05) is 22.5 Å². The van der Waals surface area contributed by atoms with E-state index < -0.39 is 0 Å². The molecule has 0 aliphatic heterocycles. The molecule has 0 N–H and O–H groups in total. The monoisotopic (exact) mass is 407 g/mol. The Morgan fingerprint density at radius 2 is 1.58 bits per heavy atom. The molecule has 5 rings (SSSR count). The summed E-state index contributed by atoms with van der Waals surface area (Å²) in [7, 11) is 0. The van der Waals surface area contributed by atoms with E-state index >= 15 is 0 Å². The Balaban J connectivity index is 1.81. The van der Waals surface area contributed by atoms with Crippen molar-refractivity contribution in [1.82, 2.24) is 4.98 Å². The van der Waals surface area contributed by atoms with E-state index in [9.17, 15) is 0 Å². The zero-order chi connectivity index (χ0) is 21.8. The molecule has 0 atom stereocenters. The Morgan fingerprint density at radius 3 is 2.35 bits per heavy atom. The summed E-state index contributed by atoms with van der Waals surface area (Å²) in [6.45, 7) is 11.3. The molecule has 2 heteroatoms. The SMILES string of the molecule is CC(C)Cc1cccc2c1oc1c(-c3cc(C(C)(C)C)c4ccccc4c3)nccc12. The molecule has 156 valence electrons. The summed E-state index contributed by atoms with van der Waals surface area (Å²) >= 11 is 0. The number of furan rings is 1. The van der Waals surface area contributed by atoms with Gasteiger partial charge in [-0.2, -0.15) is 0 Å². The van der Waals surface area contributed by atoms with Crippen LogP contribution in [0.5, 0.6) is 0 Å². The van der Waals surface area contributed by atoms with Gasteiger partial charge >= 0.3 is 0 Å². The molecule has 2 heterocycles. The lowest BCUT2D eigenvalue weighted by molar-refractivity contribution is 0.596. The van der Waals surface area contributed by atoms with Crippen LogP contribution in [0.1, 0.15) is 45.7 Å². The van der Waals surface area contributed by atoms with Crippen LogP contribution in [-0.4, -0.2) is 4.98 Å². The maximum atomic E-state index is 6.55. The van der Waals surface area contributed by atoms with Crippen LogP contribution < -0.4 is 0 Å². The normalized spacial score (nSPS) is 12.5. The van der Waals surface area contributed by atoms with E-state index in [-0.39, 0.29) is 5.41 Å². The van der Waals surface area contributed by atoms with Gasteiger partial charge in [-0.05, 0) is 57.9 Å². The zero-order valence-electron chi connectivity index (χ0n) is 19.0. The van der Waals surface area contributed by atoms with Gasteiger partial charge in [-0.1, -0.05) is 77.1 Å². The van der Waals surface area contributed by atoms with E-state index in [1.807, 2.05) is 6.20 Å². The third kappa shape index (κ3) is 3.40.